The molecule has 3 N–H and O–H groups in total. The third-order valence-electron chi connectivity index (χ3n) is 4.19. The first-order chi connectivity index (χ1) is 13.4. The van der Waals surface area contributed by atoms with Gasteiger partial charge in [0.1, 0.15) is 6.04 Å². The number of amides is 1. The number of nitrogens with zero attached hydrogens (tertiary/aromatic N) is 1. The van der Waals surface area contributed by atoms with Crippen molar-refractivity contribution in [3.63, 3.8) is 0 Å². The van der Waals surface area contributed by atoms with Crippen molar-refractivity contribution in [2.75, 3.05) is 17.3 Å². The molecule has 3 aromatic rings. The van der Waals surface area contributed by atoms with Crippen LogP contribution in [0.3, 0.4) is 0 Å². The molecule has 2 aromatic carbocycles. The van der Waals surface area contributed by atoms with Crippen LogP contribution in [-0.2, 0) is 14.8 Å². The second kappa shape index (κ2) is 8.76. The van der Waals surface area contributed by atoms with Crippen LogP contribution in [0.5, 0.6) is 0 Å². The number of hydrogen-bond acceptors (Lipinski definition) is 5. The van der Waals surface area contributed by atoms with Crippen molar-refractivity contribution in [3.05, 3.63) is 54.1 Å². The number of imidazole rings is 1. The Kier molecular flexibility index (Phi) is 6.38. The van der Waals surface area contributed by atoms with E-state index in [1.165, 1.54) is 12.1 Å². The summed E-state index contributed by atoms with van der Waals surface area (Å²) < 4.78 is 27.9. The van der Waals surface area contributed by atoms with E-state index in [2.05, 4.69) is 20.0 Å². The number of aryl methyl sites for hydroxylation is 1. The van der Waals surface area contributed by atoms with E-state index in [1.807, 2.05) is 37.4 Å². The summed E-state index contributed by atoms with van der Waals surface area (Å²) in [5.41, 5.74) is 2.47. The van der Waals surface area contributed by atoms with Gasteiger partial charge in [0, 0.05) is 0 Å². The quantitative estimate of drug-likeness (QED) is 0.522. The zero-order chi connectivity index (χ0) is 20.1. The molecular formula is C19H22N4O3S2. The lowest BCUT2D eigenvalue weighted by Crippen LogP contribution is -2.44. The van der Waals surface area contributed by atoms with Crippen molar-refractivity contribution >= 4 is 44.7 Å². The van der Waals surface area contributed by atoms with Gasteiger partial charge in [-0.25, -0.2) is 13.4 Å². The fraction of sp³-hybridized carbons (Fsp3) is 0.263. The number of H-pyrrole nitrogens is 1. The number of thioether (sulfide) groups is 1. The number of sulfonamides is 1. The third kappa shape index (κ3) is 4.92. The Morgan fingerprint density at radius 2 is 1.89 bits per heavy atom. The average molecular weight is 419 g/mol. The van der Waals surface area contributed by atoms with E-state index in [9.17, 15) is 13.2 Å². The maximum atomic E-state index is 12.8. The van der Waals surface area contributed by atoms with Crippen molar-refractivity contribution < 1.29 is 13.2 Å². The predicted octanol–water partition coefficient (Wildman–Crippen LogP) is 2.91. The van der Waals surface area contributed by atoms with Gasteiger partial charge in [-0.15, -0.1) is 0 Å². The van der Waals surface area contributed by atoms with Crippen LogP contribution in [0.25, 0.3) is 11.0 Å². The van der Waals surface area contributed by atoms with E-state index in [-0.39, 0.29) is 10.8 Å². The van der Waals surface area contributed by atoms with E-state index in [4.69, 9.17) is 0 Å². The topological polar surface area (TPSA) is 104 Å². The highest BCUT2D eigenvalue weighted by atomic mass is 32.2. The van der Waals surface area contributed by atoms with Gasteiger partial charge in [0.25, 0.3) is 0 Å². The van der Waals surface area contributed by atoms with Crippen LogP contribution < -0.4 is 10.0 Å². The predicted molar refractivity (Wildman–Crippen MR) is 113 cm³/mol. The number of carbonyl (C=O) groups excluding carboxylic acids is 1. The fourth-order valence-electron chi connectivity index (χ4n) is 2.67. The molecule has 28 heavy (non-hydrogen) atoms. The zero-order valence-corrected chi connectivity index (χ0v) is 17.2. The summed E-state index contributed by atoms with van der Waals surface area (Å²) in [6, 6.07) is 13.0. The molecule has 0 spiro atoms. The van der Waals surface area contributed by atoms with Gasteiger partial charge in [-0.3, -0.25) is 10.1 Å². The molecule has 0 aliphatic heterocycles. The highest BCUT2D eigenvalue weighted by molar-refractivity contribution is 7.98. The van der Waals surface area contributed by atoms with E-state index in [0.29, 0.717) is 12.2 Å². The van der Waals surface area contributed by atoms with Crippen LogP contribution in [0.2, 0.25) is 0 Å². The SMILES string of the molecule is CSCC[C@H](NS(=O)(=O)c1ccc(C)cc1)C(=O)Nc1nc2ccccc2[nH]1. The summed E-state index contributed by atoms with van der Waals surface area (Å²) in [5.74, 6) is 0.466. The molecule has 0 fully saturated rings. The molecular weight excluding hydrogens is 396 g/mol. The number of carbonyl (C=O) groups is 1. The van der Waals surface area contributed by atoms with Gasteiger partial charge in [0.05, 0.1) is 15.9 Å². The van der Waals surface area contributed by atoms with Gasteiger partial charge in [-0.05, 0) is 49.6 Å². The standard InChI is InChI=1S/C19H22N4O3S2/c1-13-7-9-14(10-8-13)28(25,26)23-17(11-12-27-2)18(24)22-19-20-15-5-3-4-6-16(15)21-19/h3-10,17,23H,11-12H2,1-2H3,(H2,20,21,22,24)/t17-/m0/s1. The molecule has 0 bridgehead atoms. The van der Waals surface area contributed by atoms with Crippen LogP contribution in [0.4, 0.5) is 5.95 Å². The highest BCUT2D eigenvalue weighted by Crippen LogP contribution is 2.15. The third-order valence-corrected chi connectivity index (χ3v) is 6.32. The Balaban J connectivity index is 1.78. The number of nitrogens with one attached hydrogen (secondary N) is 3. The minimum atomic E-state index is -3.82. The molecule has 0 saturated heterocycles. The number of para-hydroxylation sites is 2. The molecule has 0 radical (unpaired) electrons. The Labute approximate surface area is 168 Å². The molecule has 7 nitrogen and oxygen atoms in total. The van der Waals surface area contributed by atoms with Crippen molar-refractivity contribution in [2.24, 2.45) is 0 Å². The number of anilines is 1. The first-order valence-electron chi connectivity index (χ1n) is 8.72. The van der Waals surface area contributed by atoms with Crippen molar-refractivity contribution in [3.8, 4) is 0 Å². The lowest BCUT2D eigenvalue weighted by atomic mass is 10.2. The van der Waals surface area contributed by atoms with Crippen LogP contribution in [0.1, 0.15) is 12.0 Å². The van der Waals surface area contributed by atoms with Crippen LogP contribution >= 0.6 is 11.8 Å². The second-order valence-corrected chi connectivity index (χ2v) is 9.06. The Bertz CT molecular complexity index is 1030. The molecule has 1 aromatic heterocycles. The van der Waals surface area contributed by atoms with Gasteiger partial charge >= 0.3 is 0 Å². The average Bonchev–Trinajstić information content (AvgIpc) is 3.07. The van der Waals surface area contributed by atoms with Crippen LogP contribution in [0.15, 0.2) is 53.4 Å². The number of benzene rings is 2. The molecule has 0 aliphatic carbocycles. The first-order valence-corrected chi connectivity index (χ1v) is 11.6. The summed E-state index contributed by atoms with van der Waals surface area (Å²) in [7, 11) is -3.82. The zero-order valence-electron chi connectivity index (χ0n) is 15.6. The first kappa shape index (κ1) is 20.4. The molecule has 3 rings (SSSR count). The molecule has 9 heteroatoms. The summed E-state index contributed by atoms with van der Waals surface area (Å²) in [6.07, 6.45) is 2.26. The minimum absolute atomic E-state index is 0.129. The van der Waals surface area contributed by atoms with E-state index >= 15 is 0 Å². The molecule has 0 aliphatic rings. The molecule has 148 valence electrons. The van der Waals surface area contributed by atoms with Gasteiger partial charge in [0.2, 0.25) is 21.9 Å². The van der Waals surface area contributed by atoms with Crippen molar-refractivity contribution in [1.82, 2.24) is 14.7 Å². The number of aromatic amines is 1. The maximum absolute atomic E-state index is 12.8. The second-order valence-electron chi connectivity index (χ2n) is 6.36. The van der Waals surface area contributed by atoms with E-state index < -0.39 is 22.0 Å². The van der Waals surface area contributed by atoms with Gasteiger partial charge in [-0.2, -0.15) is 16.5 Å². The van der Waals surface area contributed by atoms with Crippen molar-refractivity contribution in [1.29, 1.82) is 0 Å². The monoisotopic (exact) mass is 418 g/mol. The number of rotatable bonds is 8. The Morgan fingerprint density at radius 3 is 2.57 bits per heavy atom. The lowest BCUT2D eigenvalue weighted by molar-refractivity contribution is -0.117. The maximum Gasteiger partial charge on any atom is 0.244 e. The summed E-state index contributed by atoms with van der Waals surface area (Å²) in [5, 5.41) is 2.68. The lowest BCUT2D eigenvalue weighted by Gasteiger charge is -2.17. The van der Waals surface area contributed by atoms with Crippen LogP contribution in [-0.4, -0.2) is 42.3 Å². The molecule has 1 heterocycles. The largest absolute Gasteiger partial charge is 0.324 e. The summed E-state index contributed by atoms with van der Waals surface area (Å²) in [4.78, 5) is 20.2. The van der Waals surface area contributed by atoms with Gasteiger partial charge in [0.15, 0.2) is 0 Å². The van der Waals surface area contributed by atoms with Crippen LogP contribution in [0, 0.1) is 6.92 Å². The van der Waals surface area contributed by atoms with E-state index in [0.717, 1.165) is 16.6 Å². The van der Waals surface area contributed by atoms with Gasteiger partial charge < -0.3 is 4.98 Å². The Hall–Kier alpha value is -2.36. The highest BCUT2D eigenvalue weighted by Gasteiger charge is 2.26. The normalized spacial score (nSPS) is 12.8. The minimum Gasteiger partial charge on any atom is -0.324 e. The molecule has 1 amide bonds. The number of fused-ring (bicyclic) bond motifs is 1. The van der Waals surface area contributed by atoms with Crippen molar-refractivity contribution in [2.45, 2.75) is 24.3 Å². The number of hydrogen-bond donors (Lipinski definition) is 3. The summed E-state index contributed by atoms with van der Waals surface area (Å²) in [6.45, 7) is 1.88. The van der Waals surface area contributed by atoms with Gasteiger partial charge in [-0.1, -0.05) is 29.8 Å². The van der Waals surface area contributed by atoms with E-state index in [1.54, 1.807) is 23.9 Å². The molecule has 0 unspecified atom stereocenters. The molecule has 1 atom stereocenters. The molecule has 0 saturated carbocycles. The fourth-order valence-corrected chi connectivity index (χ4v) is 4.37. The smallest absolute Gasteiger partial charge is 0.244 e. The summed E-state index contributed by atoms with van der Waals surface area (Å²) >= 11 is 1.54. The Morgan fingerprint density at radius 1 is 1.18 bits per heavy atom. The number of aromatic nitrogens is 2.